The fourth-order valence-corrected chi connectivity index (χ4v) is 3.20. The Kier molecular flexibility index (Phi) is 5.46. The maximum absolute atomic E-state index is 6.30. The highest BCUT2D eigenvalue weighted by Crippen LogP contribution is 2.37. The van der Waals surface area contributed by atoms with Crippen molar-refractivity contribution in [1.29, 1.82) is 0 Å². The largest absolute Gasteiger partial charge is 0.327 e. The van der Waals surface area contributed by atoms with Gasteiger partial charge in [0.1, 0.15) is 0 Å². The molecule has 0 saturated heterocycles. The van der Waals surface area contributed by atoms with Crippen LogP contribution in [0.1, 0.15) is 53.9 Å². The van der Waals surface area contributed by atoms with Crippen molar-refractivity contribution >= 4 is 0 Å². The summed E-state index contributed by atoms with van der Waals surface area (Å²) >= 11 is 0. The van der Waals surface area contributed by atoms with Gasteiger partial charge in [-0.25, -0.2) is 0 Å². The number of hydrogen-bond acceptors (Lipinski definition) is 2. The fraction of sp³-hybridized carbons (Fsp3) is 1.00. The third-order valence-electron chi connectivity index (χ3n) is 3.99. The molecular formula is C15H32N2. The van der Waals surface area contributed by atoms with Gasteiger partial charge in [0.25, 0.3) is 0 Å². The summed E-state index contributed by atoms with van der Waals surface area (Å²) in [7, 11) is 0. The Morgan fingerprint density at radius 1 is 1.18 bits per heavy atom. The van der Waals surface area contributed by atoms with Crippen molar-refractivity contribution in [3.8, 4) is 0 Å². The van der Waals surface area contributed by atoms with Crippen molar-refractivity contribution in [1.82, 2.24) is 4.90 Å². The normalized spacial score (nSPS) is 29.8. The van der Waals surface area contributed by atoms with Crippen molar-refractivity contribution in [2.24, 2.45) is 23.0 Å². The first-order valence-electron chi connectivity index (χ1n) is 7.31. The monoisotopic (exact) mass is 240 g/mol. The molecule has 1 aliphatic rings. The van der Waals surface area contributed by atoms with E-state index in [0.717, 1.165) is 11.8 Å². The van der Waals surface area contributed by atoms with E-state index in [0.29, 0.717) is 11.5 Å². The summed E-state index contributed by atoms with van der Waals surface area (Å²) in [6.45, 7) is 15.2. The maximum Gasteiger partial charge on any atom is 0.0105 e. The molecule has 0 aromatic carbocycles. The molecule has 102 valence electrons. The third-order valence-corrected chi connectivity index (χ3v) is 3.99. The van der Waals surface area contributed by atoms with Crippen LogP contribution in [0.5, 0.6) is 0 Å². The van der Waals surface area contributed by atoms with Gasteiger partial charge in [0.15, 0.2) is 0 Å². The zero-order chi connectivity index (χ0) is 13.1. The Labute approximate surface area is 108 Å². The van der Waals surface area contributed by atoms with Gasteiger partial charge in [0.05, 0.1) is 0 Å². The van der Waals surface area contributed by atoms with Gasteiger partial charge in [-0.15, -0.1) is 0 Å². The quantitative estimate of drug-likeness (QED) is 0.773. The van der Waals surface area contributed by atoms with Gasteiger partial charge >= 0.3 is 0 Å². The highest BCUT2D eigenvalue weighted by molar-refractivity contribution is 4.93. The number of rotatable bonds is 6. The van der Waals surface area contributed by atoms with Gasteiger partial charge in [0, 0.05) is 25.7 Å². The van der Waals surface area contributed by atoms with Crippen LogP contribution >= 0.6 is 0 Å². The molecule has 1 fully saturated rings. The molecule has 0 radical (unpaired) electrons. The van der Waals surface area contributed by atoms with E-state index in [2.05, 4.69) is 39.5 Å². The maximum atomic E-state index is 6.30. The Morgan fingerprint density at radius 2 is 1.71 bits per heavy atom. The molecule has 0 aromatic rings. The van der Waals surface area contributed by atoms with Gasteiger partial charge in [-0.2, -0.15) is 0 Å². The van der Waals surface area contributed by atoms with E-state index in [-0.39, 0.29) is 0 Å². The van der Waals surface area contributed by atoms with Crippen LogP contribution in [0.3, 0.4) is 0 Å². The summed E-state index contributed by atoms with van der Waals surface area (Å²) in [6, 6.07) is 0.407. The third kappa shape index (κ3) is 4.59. The van der Waals surface area contributed by atoms with Crippen molar-refractivity contribution in [2.75, 3.05) is 19.6 Å². The minimum absolute atomic E-state index is 0.351. The van der Waals surface area contributed by atoms with Crippen LogP contribution in [0.25, 0.3) is 0 Å². The molecule has 0 aliphatic heterocycles. The molecule has 0 spiro atoms. The van der Waals surface area contributed by atoms with E-state index < -0.39 is 0 Å². The van der Waals surface area contributed by atoms with Gasteiger partial charge < -0.3 is 10.6 Å². The average Bonchev–Trinajstić information content (AvgIpc) is 2.44. The lowest BCUT2D eigenvalue weighted by Crippen LogP contribution is -2.46. The Balaban J connectivity index is 2.58. The first kappa shape index (κ1) is 15.0. The van der Waals surface area contributed by atoms with Crippen LogP contribution < -0.4 is 5.73 Å². The first-order valence-corrected chi connectivity index (χ1v) is 7.31. The van der Waals surface area contributed by atoms with Gasteiger partial charge in [-0.05, 0) is 30.1 Å². The second kappa shape index (κ2) is 6.19. The van der Waals surface area contributed by atoms with Crippen molar-refractivity contribution < 1.29 is 0 Å². The zero-order valence-electron chi connectivity index (χ0n) is 12.5. The molecule has 1 aliphatic carbocycles. The van der Waals surface area contributed by atoms with Crippen LogP contribution in [-0.2, 0) is 0 Å². The van der Waals surface area contributed by atoms with E-state index in [1.54, 1.807) is 0 Å². The zero-order valence-corrected chi connectivity index (χ0v) is 12.5. The molecule has 0 amide bonds. The molecular weight excluding hydrogens is 208 g/mol. The minimum atomic E-state index is 0.351. The fourth-order valence-electron chi connectivity index (χ4n) is 3.20. The molecule has 2 atom stereocenters. The average molecular weight is 240 g/mol. The molecule has 1 rings (SSSR count). The highest BCUT2D eigenvalue weighted by Gasteiger charge is 2.37. The lowest BCUT2D eigenvalue weighted by atomic mass is 9.84. The van der Waals surface area contributed by atoms with Crippen LogP contribution in [0.15, 0.2) is 0 Å². The molecule has 0 heterocycles. The number of hydrogen-bond donors (Lipinski definition) is 1. The lowest BCUT2D eigenvalue weighted by molar-refractivity contribution is 0.128. The molecule has 2 N–H and O–H groups in total. The van der Waals surface area contributed by atoms with Crippen molar-refractivity contribution in [3.05, 3.63) is 0 Å². The second-order valence-electron chi connectivity index (χ2n) is 7.13. The van der Waals surface area contributed by atoms with Crippen molar-refractivity contribution in [3.63, 3.8) is 0 Å². The summed E-state index contributed by atoms with van der Waals surface area (Å²) in [4.78, 5) is 2.64. The van der Waals surface area contributed by atoms with E-state index in [4.69, 9.17) is 5.73 Å². The smallest absolute Gasteiger partial charge is 0.0105 e. The van der Waals surface area contributed by atoms with Gasteiger partial charge in [-0.3, -0.25) is 0 Å². The molecule has 0 aromatic heterocycles. The van der Waals surface area contributed by atoms with Crippen LogP contribution in [0.4, 0.5) is 0 Å². The van der Waals surface area contributed by atoms with Crippen molar-refractivity contribution in [2.45, 2.75) is 59.9 Å². The predicted molar refractivity (Wildman–Crippen MR) is 76.0 cm³/mol. The van der Waals surface area contributed by atoms with E-state index in [1.165, 1.54) is 38.9 Å². The standard InChI is InChI=1S/C15H32N2/c1-12(2)9-17(10-13(3)4)11-15(5)8-6-7-14(15)16/h12-14H,6-11,16H2,1-5H3. The second-order valence-corrected chi connectivity index (χ2v) is 7.13. The summed E-state index contributed by atoms with van der Waals surface area (Å²) in [5, 5.41) is 0. The first-order chi connectivity index (χ1) is 7.83. The topological polar surface area (TPSA) is 29.3 Å². The molecule has 2 heteroatoms. The van der Waals surface area contributed by atoms with Crippen LogP contribution in [0, 0.1) is 17.3 Å². The Bertz CT molecular complexity index is 215. The summed E-state index contributed by atoms with van der Waals surface area (Å²) in [5.41, 5.74) is 6.65. The number of nitrogens with two attached hydrogens (primary N) is 1. The van der Waals surface area contributed by atoms with E-state index in [1.807, 2.05) is 0 Å². The molecule has 1 saturated carbocycles. The molecule has 2 unspecified atom stereocenters. The molecule has 0 bridgehead atoms. The van der Waals surface area contributed by atoms with Gasteiger partial charge in [-0.1, -0.05) is 41.0 Å². The highest BCUT2D eigenvalue weighted by atomic mass is 15.1. The van der Waals surface area contributed by atoms with Crippen LogP contribution in [-0.4, -0.2) is 30.6 Å². The predicted octanol–water partition coefficient (Wildman–Crippen LogP) is 3.12. The SMILES string of the molecule is CC(C)CN(CC(C)C)CC1(C)CCCC1N. The summed E-state index contributed by atoms with van der Waals surface area (Å²) < 4.78 is 0. The Morgan fingerprint density at radius 3 is 2.06 bits per heavy atom. The van der Waals surface area contributed by atoms with E-state index >= 15 is 0 Å². The molecule has 17 heavy (non-hydrogen) atoms. The lowest BCUT2D eigenvalue weighted by Gasteiger charge is -2.37. The number of nitrogens with zero attached hydrogens (tertiary/aromatic N) is 1. The van der Waals surface area contributed by atoms with Gasteiger partial charge in [0.2, 0.25) is 0 Å². The van der Waals surface area contributed by atoms with Crippen LogP contribution in [0.2, 0.25) is 0 Å². The summed E-state index contributed by atoms with van der Waals surface area (Å²) in [5.74, 6) is 1.49. The summed E-state index contributed by atoms with van der Waals surface area (Å²) in [6.07, 6.45) is 3.84. The minimum Gasteiger partial charge on any atom is -0.327 e. The molecule has 2 nitrogen and oxygen atoms in total. The van der Waals surface area contributed by atoms with E-state index in [9.17, 15) is 0 Å². The Hall–Kier alpha value is -0.0800.